The Kier molecular flexibility index (Phi) is 6.23. The van der Waals surface area contributed by atoms with Gasteiger partial charge in [-0.3, -0.25) is 4.79 Å². The minimum absolute atomic E-state index is 0.0208. The second kappa shape index (κ2) is 7.27. The maximum absolute atomic E-state index is 12.1. The van der Waals surface area contributed by atoms with Gasteiger partial charge in [0.1, 0.15) is 9.84 Å². The van der Waals surface area contributed by atoms with Crippen LogP contribution in [0.5, 0.6) is 0 Å². The molecule has 1 rings (SSSR count). The average molecular weight is 332 g/mol. The SMILES string of the molecule is CC(c1ccc(Cl)cc1)C(C)N(C)C(=O)CCS(C)(=O)=O. The minimum Gasteiger partial charge on any atom is -0.342 e. The Balaban J connectivity index is 2.70. The van der Waals surface area contributed by atoms with Crippen LogP contribution in [0.25, 0.3) is 0 Å². The number of rotatable bonds is 6. The average Bonchev–Trinajstić information content (AvgIpc) is 2.42. The topological polar surface area (TPSA) is 54.5 Å². The van der Waals surface area contributed by atoms with Gasteiger partial charge in [-0.05, 0) is 24.6 Å². The molecule has 0 fully saturated rings. The molecule has 2 atom stereocenters. The highest BCUT2D eigenvalue weighted by atomic mass is 35.5. The molecule has 21 heavy (non-hydrogen) atoms. The van der Waals surface area contributed by atoms with Gasteiger partial charge >= 0.3 is 0 Å². The van der Waals surface area contributed by atoms with Crippen LogP contribution in [-0.2, 0) is 14.6 Å². The van der Waals surface area contributed by atoms with E-state index in [9.17, 15) is 13.2 Å². The summed E-state index contributed by atoms with van der Waals surface area (Å²) in [5.74, 6) is -0.138. The van der Waals surface area contributed by atoms with Crippen molar-refractivity contribution in [2.75, 3.05) is 19.1 Å². The largest absolute Gasteiger partial charge is 0.342 e. The van der Waals surface area contributed by atoms with Crippen LogP contribution in [-0.4, -0.2) is 44.3 Å². The standard InChI is InChI=1S/C15H22ClNO3S/c1-11(13-5-7-14(16)8-6-13)12(2)17(3)15(18)9-10-21(4,19)20/h5-8,11-12H,9-10H2,1-4H3. The normalized spacial score (nSPS) is 14.5. The Morgan fingerprint density at radius 3 is 2.24 bits per heavy atom. The molecule has 0 N–H and O–H groups in total. The molecule has 0 spiro atoms. The van der Waals surface area contributed by atoms with E-state index in [0.29, 0.717) is 5.02 Å². The summed E-state index contributed by atoms with van der Waals surface area (Å²) in [6.07, 6.45) is 1.16. The zero-order chi connectivity index (χ0) is 16.2. The van der Waals surface area contributed by atoms with E-state index >= 15 is 0 Å². The summed E-state index contributed by atoms with van der Waals surface area (Å²) in [4.78, 5) is 13.7. The number of nitrogens with zero attached hydrogens (tertiary/aromatic N) is 1. The van der Waals surface area contributed by atoms with Gasteiger partial charge in [-0.1, -0.05) is 30.7 Å². The van der Waals surface area contributed by atoms with E-state index in [2.05, 4.69) is 0 Å². The summed E-state index contributed by atoms with van der Waals surface area (Å²) in [5.41, 5.74) is 1.09. The number of hydrogen-bond donors (Lipinski definition) is 0. The molecule has 0 aromatic heterocycles. The number of likely N-dealkylation sites (N-methyl/N-ethyl adjacent to an activating group) is 1. The molecule has 0 heterocycles. The highest BCUT2D eigenvalue weighted by molar-refractivity contribution is 7.90. The fraction of sp³-hybridized carbons (Fsp3) is 0.533. The predicted octanol–water partition coefficient (Wildman–Crippen LogP) is 2.73. The van der Waals surface area contributed by atoms with E-state index in [4.69, 9.17) is 11.6 Å². The van der Waals surface area contributed by atoms with Crippen LogP contribution in [0.3, 0.4) is 0 Å². The zero-order valence-electron chi connectivity index (χ0n) is 12.8. The molecule has 1 aromatic carbocycles. The summed E-state index contributed by atoms with van der Waals surface area (Å²) in [6, 6.07) is 7.51. The predicted molar refractivity (Wildman–Crippen MR) is 86.4 cm³/mol. The van der Waals surface area contributed by atoms with Crippen LogP contribution in [0.15, 0.2) is 24.3 Å². The van der Waals surface area contributed by atoms with Crippen molar-refractivity contribution in [3.05, 3.63) is 34.9 Å². The van der Waals surface area contributed by atoms with Crippen molar-refractivity contribution in [3.63, 3.8) is 0 Å². The second-order valence-electron chi connectivity index (χ2n) is 5.47. The molecule has 0 bridgehead atoms. The van der Waals surface area contributed by atoms with Gasteiger partial charge in [0.15, 0.2) is 0 Å². The van der Waals surface area contributed by atoms with Gasteiger partial charge in [0.25, 0.3) is 0 Å². The summed E-state index contributed by atoms with van der Waals surface area (Å²) in [7, 11) is -1.41. The summed E-state index contributed by atoms with van der Waals surface area (Å²) >= 11 is 5.87. The lowest BCUT2D eigenvalue weighted by molar-refractivity contribution is -0.131. The molecular weight excluding hydrogens is 310 g/mol. The van der Waals surface area contributed by atoms with Gasteiger partial charge in [0, 0.05) is 36.7 Å². The summed E-state index contributed by atoms with van der Waals surface area (Å²) in [6.45, 7) is 3.99. The molecule has 0 aliphatic rings. The Morgan fingerprint density at radius 1 is 1.24 bits per heavy atom. The van der Waals surface area contributed by atoms with Crippen molar-refractivity contribution in [3.8, 4) is 0 Å². The number of sulfone groups is 1. The third-order valence-corrected chi connectivity index (χ3v) is 5.01. The number of carbonyl (C=O) groups is 1. The highest BCUT2D eigenvalue weighted by Gasteiger charge is 2.23. The monoisotopic (exact) mass is 331 g/mol. The van der Waals surface area contributed by atoms with Gasteiger partial charge in [-0.2, -0.15) is 0 Å². The van der Waals surface area contributed by atoms with Crippen molar-refractivity contribution in [2.45, 2.75) is 32.2 Å². The molecule has 0 saturated carbocycles. The van der Waals surface area contributed by atoms with Crippen molar-refractivity contribution >= 4 is 27.3 Å². The second-order valence-corrected chi connectivity index (χ2v) is 8.16. The number of carbonyl (C=O) groups excluding carboxylic acids is 1. The first-order chi connectivity index (χ1) is 9.61. The lowest BCUT2D eigenvalue weighted by Gasteiger charge is -2.30. The van der Waals surface area contributed by atoms with E-state index < -0.39 is 9.84 Å². The summed E-state index contributed by atoms with van der Waals surface area (Å²) in [5, 5.41) is 0.677. The Labute approximate surface area is 132 Å². The van der Waals surface area contributed by atoms with Crippen molar-refractivity contribution in [2.24, 2.45) is 0 Å². The third kappa shape index (κ3) is 5.67. The maximum Gasteiger partial charge on any atom is 0.223 e. The van der Waals surface area contributed by atoms with E-state index in [-0.39, 0.29) is 30.0 Å². The molecule has 0 aliphatic carbocycles. The lowest BCUT2D eigenvalue weighted by Crippen LogP contribution is -2.38. The molecule has 4 nitrogen and oxygen atoms in total. The van der Waals surface area contributed by atoms with Gasteiger partial charge in [-0.25, -0.2) is 8.42 Å². The fourth-order valence-corrected chi connectivity index (χ4v) is 2.73. The molecular formula is C15H22ClNO3S. The van der Waals surface area contributed by atoms with Crippen LogP contribution in [0.1, 0.15) is 31.7 Å². The van der Waals surface area contributed by atoms with Gasteiger partial charge in [0.05, 0.1) is 5.75 Å². The smallest absolute Gasteiger partial charge is 0.223 e. The van der Waals surface area contributed by atoms with Gasteiger partial charge in [0.2, 0.25) is 5.91 Å². The first-order valence-electron chi connectivity index (χ1n) is 6.80. The van der Waals surface area contributed by atoms with Crippen molar-refractivity contribution in [1.82, 2.24) is 4.90 Å². The molecule has 118 valence electrons. The Morgan fingerprint density at radius 2 is 1.76 bits per heavy atom. The fourth-order valence-electron chi connectivity index (χ4n) is 2.06. The first kappa shape index (κ1) is 18.0. The Bertz CT molecular complexity index is 583. The molecule has 6 heteroatoms. The molecule has 1 aromatic rings. The van der Waals surface area contributed by atoms with Crippen LogP contribution < -0.4 is 0 Å². The number of hydrogen-bond acceptors (Lipinski definition) is 3. The van der Waals surface area contributed by atoms with Crippen LogP contribution >= 0.6 is 11.6 Å². The third-order valence-electron chi connectivity index (χ3n) is 3.81. The number of halogens is 1. The summed E-state index contributed by atoms with van der Waals surface area (Å²) < 4.78 is 22.3. The molecule has 0 saturated heterocycles. The number of amides is 1. The maximum atomic E-state index is 12.1. The zero-order valence-corrected chi connectivity index (χ0v) is 14.4. The van der Waals surface area contributed by atoms with Gasteiger partial charge in [-0.15, -0.1) is 0 Å². The molecule has 2 unspecified atom stereocenters. The van der Waals surface area contributed by atoms with Gasteiger partial charge < -0.3 is 4.90 Å². The van der Waals surface area contributed by atoms with Crippen LogP contribution in [0, 0.1) is 0 Å². The van der Waals surface area contributed by atoms with Crippen molar-refractivity contribution in [1.29, 1.82) is 0 Å². The van der Waals surface area contributed by atoms with E-state index in [1.807, 2.05) is 38.1 Å². The first-order valence-corrected chi connectivity index (χ1v) is 9.24. The van der Waals surface area contributed by atoms with E-state index in [0.717, 1.165) is 11.8 Å². The van der Waals surface area contributed by atoms with Crippen LogP contribution in [0.4, 0.5) is 0 Å². The Hall–Kier alpha value is -1.07. The number of benzene rings is 1. The quantitative estimate of drug-likeness (QED) is 0.805. The molecule has 0 aliphatic heterocycles. The van der Waals surface area contributed by atoms with Crippen molar-refractivity contribution < 1.29 is 13.2 Å². The van der Waals surface area contributed by atoms with E-state index in [1.165, 1.54) is 0 Å². The highest BCUT2D eigenvalue weighted by Crippen LogP contribution is 2.24. The minimum atomic E-state index is -3.12. The lowest BCUT2D eigenvalue weighted by atomic mass is 9.93. The molecule has 0 radical (unpaired) electrons. The molecule has 1 amide bonds. The van der Waals surface area contributed by atoms with Crippen LogP contribution in [0.2, 0.25) is 5.02 Å². The van der Waals surface area contributed by atoms with E-state index in [1.54, 1.807) is 11.9 Å².